The van der Waals surface area contributed by atoms with E-state index in [1.807, 2.05) is 48.5 Å². The van der Waals surface area contributed by atoms with Crippen LogP contribution in [0, 0.1) is 5.82 Å². The largest absolute Gasteiger partial charge is 0.321 e. The van der Waals surface area contributed by atoms with Gasteiger partial charge in [0.15, 0.2) is 0 Å². The first-order valence-electron chi connectivity index (χ1n) is 7.03. The zero-order chi connectivity index (χ0) is 15.1. The molecule has 0 saturated carbocycles. The molecule has 1 amide bonds. The topological polar surface area (TPSA) is 29.1 Å². The van der Waals surface area contributed by atoms with Gasteiger partial charge in [-0.15, -0.1) is 0 Å². The quantitative estimate of drug-likeness (QED) is 0.660. The van der Waals surface area contributed by atoms with Crippen LogP contribution < -0.4 is 5.32 Å². The molecule has 2 aliphatic carbocycles. The third-order valence-electron chi connectivity index (χ3n) is 3.89. The summed E-state index contributed by atoms with van der Waals surface area (Å²) in [4.78, 5) is 12.2. The van der Waals surface area contributed by atoms with Crippen molar-refractivity contribution in [2.75, 3.05) is 5.32 Å². The minimum absolute atomic E-state index is 0.199. The number of nitrogens with one attached hydrogen (secondary N) is 1. The van der Waals surface area contributed by atoms with Crippen LogP contribution in [-0.2, 0) is 4.79 Å². The van der Waals surface area contributed by atoms with Gasteiger partial charge >= 0.3 is 0 Å². The number of hydrogen-bond donors (Lipinski definition) is 1. The summed E-state index contributed by atoms with van der Waals surface area (Å²) < 4.78 is 13.5. The Morgan fingerprint density at radius 1 is 0.909 bits per heavy atom. The third kappa shape index (κ3) is 1.99. The van der Waals surface area contributed by atoms with E-state index in [-0.39, 0.29) is 11.7 Å². The van der Waals surface area contributed by atoms with Crippen molar-refractivity contribution in [3.8, 4) is 11.1 Å². The monoisotopic (exact) mass is 289 g/mol. The molecular formula is C19H12FNO. The number of benzene rings is 1. The van der Waals surface area contributed by atoms with Crippen LogP contribution in [0.5, 0.6) is 0 Å². The van der Waals surface area contributed by atoms with Crippen LogP contribution in [0.3, 0.4) is 0 Å². The van der Waals surface area contributed by atoms with Crippen molar-refractivity contribution in [3.05, 3.63) is 77.6 Å². The first kappa shape index (κ1) is 12.8. The average Bonchev–Trinajstić information content (AvgIpc) is 2.91. The van der Waals surface area contributed by atoms with Gasteiger partial charge in [0, 0.05) is 16.8 Å². The summed E-state index contributed by atoms with van der Waals surface area (Å²) in [5, 5.41) is 2.77. The predicted molar refractivity (Wildman–Crippen MR) is 86.0 cm³/mol. The molecule has 0 spiro atoms. The molecule has 1 heterocycles. The fraction of sp³-hybridized carbons (Fsp3) is 0. The number of rotatable bonds is 1. The van der Waals surface area contributed by atoms with Crippen molar-refractivity contribution >= 4 is 23.2 Å². The Labute approximate surface area is 127 Å². The van der Waals surface area contributed by atoms with Crippen LogP contribution in [0.1, 0.15) is 11.1 Å². The molecule has 22 heavy (non-hydrogen) atoms. The maximum atomic E-state index is 13.5. The van der Waals surface area contributed by atoms with E-state index in [4.69, 9.17) is 0 Å². The summed E-state index contributed by atoms with van der Waals surface area (Å²) >= 11 is 0. The molecule has 4 rings (SSSR count). The lowest BCUT2D eigenvalue weighted by Gasteiger charge is -2.00. The normalized spacial score (nSPS) is 15.1. The van der Waals surface area contributed by atoms with Crippen LogP contribution in [-0.4, -0.2) is 5.91 Å². The summed E-state index contributed by atoms with van der Waals surface area (Å²) in [7, 11) is 0. The smallest absolute Gasteiger partial charge is 0.256 e. The fourth-order valence-corrected chi connectivity index (χ4v) is 2.82. The third-order valence-corrected chi connectivity index (χ3v) is 3.89. The highest BCUT2D eigenvalue weighted by Gasteiger charge is 2.25. The van der Waals surface area contributed by atoms with Crippen molar-refractivity contribution in [2.45, 2.75) is 0 Å². The van der Waals surface area contributed by atoms with Crippen LogP contribution in [0.2, 0.25) is 0 Å². The Morgan fingerprint density at radius 2 is 1.77 bits per heavy atom. The van der Waals surface area contributed by atoms with E-state index in [0.717, 1.165) is 16.7 Å². The second-order valence-corrected chi connectivity index (χ2v) is 5.27. The van der Waals surface area contributed by atoms with Gasteiger partial charge in [-0.25, -0.2) is 4.39 Å². The molecule has 0 aromatic heterocycles. The number of amides is 1. The highest BCUT2D eigenvalue weighted by molar-refractivity contribution is 6.35. The zero-order valence-corrected chi connectivity index (χ0v) is 11.6. The second kappa shape index (κ2) is 4.81. The average molecular weight is 289 g/mol. The highest BCUT2D eigenvalue weighted by Crippen LogP contribution is 2.36. The molecule has 3 aliphatic rings. The van der Waals surface area contributed by atoms with E-state index in [0.29, 0.717) is 16.8 Å². The summed E-state index contributed by atoms with van der Waals surface area (Å²) in [6, 6.07) is 18.3. The molecule has 106 valence electrons. The summed E-state index contributed by atoms with van der Waals surface area (Å²) in [6.07, 6.45) is 1.82. The van der Waals surface area contributed by atoms with Gasteiger partial charge in [0.05, 0.1) is 0 Å². The molecule has 3 heteroatoms. The fourth-order valence-electron chi connectivity index (χ4n) is 2.82. The molecule has 1 aliphatic heterocycles. The number of hydrogen-bond acceptors (Lipinski definition) is 1. The molecule has 0 unspecified atom stereocenters. The van der Waals surface area contributed by atoms with Gasteiger partial charge in [-0.1, -0.05) is 42.5 Å². The van der Waals surface area contributed by atoms with Crippen molar-refractivity contribution in [1.29, 1.82) is 0 Å². The Balaban J connectivity index is 1.87. The van der Waals surface area contributed by atoms with E-state index in [9.17, 15) is 9.18 Å². The van der Waals surface area contributed by atoms with E-state index in [2.05, 4.69) is 5.32 Å². The summed E-state index contributed by atoms with van der Waals surface area (Å²) in [5.74, 6) is -0.546. The number of carbonyl (C=O) groups is 1. The van der Waals surface area contributed by atoms with E-state index < -0.39 is 0 Å². The van der Waals surface area contributed by atoms with Crippen LogP contribution in [0.25, 0.3) is 22.8 Å². The van der Waals surface area contributed by atoms with E-state index in [1.165, 1.54) is 12.1 Å². The van der Waals surface area contributed by atoms with E-state index >= 15 is 0 Å². The van der Waals surface area contributed by atoms with Crippen LogP contribution >= 0.6 is 0 Å². The molecule has 1 aromatic rings. The predicted octanol–water partition coefficient (Wildman–Crippen LogP) is 4.42. The Bertz CT molecular complexity index is 898. The lowest BCUT2D eigenvalue weighted by molar-refractivity contribution is -0.110. The maximum absolute atomic E-state index is 13.5. The van der Waals surface area contributed by atoms with Crippen molar-refractivity contribution in [1.82, 2.24) is 0 Å². The molecule has 2 nitrogen and oxygen atoms in total. The van der Waals surface area contributed by atoms with Gasteiger partial charge in [0.1, 0.15) is 5.82 Å². The van der Waals surface area contributed by atoms with Crippen LogP contribution in [0.4, 0.5) is 10.1 Å². The second-order valence-electron chi connectivity index (χ2n) is 5.27. The standard InChI is InChI=1S/C19H12FNO/c20-14-8-9-18-16(11-14)17(19(22)21-18)10-13-7-6-12-4-2-1-3-5-15(12)13/h1-11H,(H,21,22)/b17-10+. The minimum Gasteiger partial charge on any atom is -0.321 e. The number of anilines is 1. The Hall–Kier alpha value is -2.94. The lowest BCUT2D eigenvalue weighted by atomic mass is 10.0. The van der Waals surface area contributed by atoms with Crippen molar-refractivity contribution in [2.24, 2.45) is 0 Å². The molecule has 0 fully saturated rings. The lowest BCUT2D eigenvalue weighted by Crippen LogP contribution is -2.03. The Kier molecular flexibility index (Phi) is 2.79. The Morgan fingerprint density at radius 3 is 2.68 bits per heavy atom. The highest BCUT2D eigenvalue weighted by atomic mass is 19.1. The van der Waals surface area contributed by atoms with Gasteiger partial charge < -0.3 is 5.32 Å². The van der Waals surface area contributed by atoms with Gasteiger partial charge in [-0.3, -0.25) is 4.79 Å². The van der Waals surface area contributed by atoms with Gasteiger partial charge in [0.25, 0.3) is 5.91 Å². The molecule has 0 radical (unpaired) electrons. The van der Waals surface area contributed by atoms with Crippen LogP contribution in [0.15, 0.2) is 60.7 Å². The number of halogens is 1. The molecule has 0 bridgehead atoms. The van der Waals surface area contributed by atoms with Crippen molar-refractivity contribution < 1.29 is 9.18 Å². The van der Waals surface area contributed by atoms with Gasteiger partial charge in [-0.2, -0.15) is 0 Å². The molecular weight excluding hydrogens is 277 g/mol. The first-order chi connectivity index (χ1) is 10.7. The molecule has 0 saturated heterocycles. The van der Waals surface area contributed by atoms with E-state index in [1.54, 1.807) is 6.07 Å². The molecule has 0 atom stereocenters. The maximum Gasteiger partial charge on any atom is 0.256 e. The minimum atomic E-state index is -0.347. The number of carbonyl (C=O) groups excluding carboxylic acids is 1. The first-order valence-corrected chi connectivity index (χ1v) is 7.03. The van der Waals surface area contributed by atoms with Gasteiger partial charge in [0.2, 0.25) is 0 Å². The molecule has 1 aromatic carbocycles. The molecule has 1 N–H and O–H groups in total. The van der Waals surface area contributed by atoms with Gasteiger partial charge in [-0.05, 0) is 41.0 Å². The summed E-state index contributed by atoms with van der Waals surface area (Å²) in [6.45, 7) is 0. The van der Waals surface area contributed by atoms with Crippen molar-refractivity contribution in [3.63, 3.8) is 0 Å². The zero-order valence-electron chi connectivity index (χ0n) is 11.6. The number of fused-ring (bicyclic) bond motifs is 2. The SMILES string of the molecule is O=C1Nc2ccc(F)cc2/C1=C\c1ccc2cccccc1-2. The summed E-state index contributed by atoms with van der Waals surface area (Å²) in [5.41, 5.74) is 4.88.